The molecule has 2 N–H and O–H groups in total. The van der Waals surface area contributed by atoms with Crippen molar-refractivity contribution in [1.29, 1.82) is 0 Å². The van der Waals surface area contributed by atoms with Crippen molar-refractivity contribution in [2.45, 2.75) is 46.6 Å². The first kappa shape index (κ1) is 12.7. The van der Waals surface area contributed by atoms with Crippen molar-refractivity contribution in [3.63, 3.8) is 0 Å². The molecule has 3 nitrogen and oxygen atoms in total. The fourth-order valence-corrected chi connectivity index (χ4v) is 3.11. The van der Waals surface area contributed by atoms with E-state index < -0.39 is 0 Å². The van der Waals surface area contributed by atoms with Crippen LogP contribution in [-0.2, 0) is 19.4 Å². The van der Waals surface area contributed by atoms with Crippen LogP contribution in [0.2, 0.25) is 0 Å². The van der Waals surface area contributed by atoms with Crippen LogP contribution in [0.15, 0.2) is 18.3 Å². The van der Waals surface area contributed by atoms with Crippen molar-refractivity contribution in [1.82, 2.24) is 9.38 Å². The van der Waals surface area contributed by atoms with Crippen LogP contribution >= 0.6 is 0 Å². The Hall–Kier alpha value is -1.35. The van der Waals surface area contributed by atoms with Gasteiger partial charge in [-0.25, -0.2) is 4.98 Å². The summed E-state index contributed by atoms with van der Waals surface area (Å²) in [7, 11) is 0. The molecule has 2 aromatic rings. The van der Waals surface area contributed by atoms with Crippen LogP contribution in [-0.4, -0.2) is 9.38 Å². The highest BCUT2D eigenvalue weighted by molar-refractivity contribution is 5.45. The van der Waals surface area contributed by atoms with Crippen molar-refractivity contribution in [3.05, 3.63) is 35.3 Å². The quantitative estimate of drug-likeness (QED) is 0.853. The third-order valence-corrected chi connectivity index (χ3v) is 4.49. The van der Waals surface area contributed by atoms with Gasteiger partial charge in [-0.05, 0) is 42.2 Å². The zero-order chi connectivity index (χ0) is 13.6. The second-order valence-corrected chi connectivity index (χ2v) is 6.78. The highest BCUT2D eigenvalue weighted by Crippen LogP contribution is 2.37. The predicted octanol–water partition coefficient (Wildman–Crippen LogP) is 2.94. The molecule has 1 aliphatic carbocycles. The molecule has 102 valence electrons. The summed E-state index contributed by atoms with van der Waals surface area (Å²) in [5.41, 5.74) is 11.0. The summed E-state index contributed by atoms with van der Waals surface area (Å²) in [6.45, 7) is 7.62. The monoisotopic (exact) mass is 257 g/mol. The number of imidazole rings is 1. The second-order valence-electron chi connectivity index (χ2n) is 6.78. The van der Waals surface area contributed by atoms with Gasteiger partial charge < -0.3 is 10.1 Å². The van der Waals surface area contributed by atoms with Crippen molar-refractivity contribution in [2.75, 3.05) is 0 Å². The van der Waals surface area contributed by atoms with E-state index in [1.165, 1.54) is 23.4 Å². The Morgan fingerprint density at radius 2 is 2.16 bits per heavy atom. The zero-order valence-corrected chi connectivity index (χ0v) is 12.1. The smallest absolute Gasteiger partial charge is 0.137 e. The minimum Gasteiger partial charge on any atom is -0.326 e. The Bertz CT molecular complexity index is 604. The molecule has 19 heavy (non-hydrogen) atoms. The normalized spacial score (nSPS) is 19.7. The molecule has 2 heterocycles. The van der Waals surface area contributed by atoms with Gasteiger partial charge in [0.15, 0.2) is 0 Å². The van der Waals surface area contributed by atoms with Gasteiger partial charge in [0, 0.05) is 18.4 Å². The standard InChI is InChI=1S/C16H23N3/c1-16(2,3)12-5-6-13-14(8-12)19-10-11(9-17)4-7-15(19)18-13/h4,7,10,12H,5-6,8-9,17H2,1-3H3. The molecular weight excluding hydrogens is 234 g/mol. The highest BCUT2D eigenvalue weighted by atomic mass is 15.0. The van der Waals surface area contributed by atoms with E-state index in [0.29, 0.717) is 12.0 Å². The summed E-state index contributed by atoms with van der Waals surface area (Å²) >= 11 is 0. The van der Waals surface area contributed by atoms with Gasteiger partial charge in [-0.3, -0.25) is 0 Å². The van der Waals surface area contributed by atoms with Crippen LogP contribution < -0.4 is 5.73 Å². The van der Waals surface area contributed by atoms with Gasteiger partial charge in [0.1, 0.15) is 5.65 Å². The lowest BCUT2D eigenvalue weighted by molar-refractivity contribution is 0.213. The molecule has 0 amide bonds. The van der Waals surface area contributed by atoms with E-state index in [2.05, 4.69) is 43.5 Å². The molecule has 0 fully saturated rings. The summed E-state index contributed by atoms with van der Waals surface area (Å²) in [5.74, 6) is 0.737. The number of fused-ring (bicyclic) bond motifs is 3. The van der Waals surface area contributed by atoms with E-state index in [0.717, 1.165) is 24.4 Å². The van der Waals surface area contributed by atoms with Crippen LogP contribution in [0.1, 0.15) is 44.1 Å². The average molecular weight is 257 g/mol. The SMILES string of the molecule is CC(C)(C)C1CCc2nc3ccc(CN)cn3c2C1. The Kier molecular flexibility index (Phi) is 2.90. The van der Waals surface area contributed by atoms with E-state index in [1.807, 2.05) is 0 Å². The number of rotatable bonds is 1. The van der Waals surface area contributed by atoms with Crippen molar-refractivity contribution >= 4 is 5.65 Å². The molecule has 0 bridgehead atoms. The third kappa shape index (κ3) is 2.16. The first-order valence-corrected chi connectivity index (χ1v) is 7.18. The van der Waals surface area contributed by atoms with Crippen LogP contribution in [0.4, 0.5) is 0 Å². The molecule has 0 aromatic carbocycles. The van der Waals surface area contributed by atoms with Crippen LogP contribution in [0.3, 0.4) is 0 Å². The predicted molar refractivity (Wildman–Crippen MR) is 78.1 cm³/mol. The molecule has 0 spiro atoms. The van der Waals surface area contributed by atoms with E-state index in [-0.39, 0.29) is 0 Å². The zero-order valence-electron chi connectivity index (χ0n) is 12.1. The topological polar surface area (TPSA) is 43.3 Å². The van der Waals surface area contributed by atoms with Crippen molar-refractivity contribution in [2.24, 2.45) is 17.1 Å². The molecule has 3 rings (SSSR count). The summed E-state index contributed by atoms with van der Waals surface area (Å²) in [6.07, 6.45) is 5.65. The highest BCUT2D eigenvalue weighted by Gasteiger charge is 2.31. The van der Waals surface area contributed by atoms with E-state index in [9.17, 15) is 0 Å². The molecule has 0 radical (unpaired) electrons. The van der Waals surface area contributed by atoms with Gasteiger partial charge >= 0.3 is 0 Å². The molecule has 1 aliphatic rings. The van der Waals surface area contributed by atoms with E-state index >= 15 is 0 Å². The molecule has 1 unspecified atom stereocenters. The number of hydrogen-bond donors (Lipinski definition) is 1. The number of aromatic nitrogens is 2. The summed E-state index contributed by atoms with van der Waals surface area (Å²) < 4.78 is 2.26. The first-order valence-electron chi connectivity index (χ1n) is 7.18. The fourth-order valence-electron chi connectivity index (χ4n) is 3.11. The number of nitrogens with two attached hydrogens (primary N) is 1. The first-order chi connectivity index (χ1) is 8.99. The summed E-state index contributed by atoms with van der Waals surface area (Å²) in [5, 5.41) is 0. The second kappa shape index (κ2) is 4.34. The minimum atomic E-state index is 0.368. The molecule has 0 saturated carbocycles. The van der Waals surface area contributed by atoms with Gasteiger partial charge in [0.25, 0.3) is 0 Å². The lowest BCUT2D eigenvalue weighted by Crippen LogP contribution is -2.27. The van der Waals surface area contributed by atoms with Crippen LogP contribution in [0.5, 0.6) is 0 Å². The molecule has 2 aromatic heterocycles. The number of nitrogens with zero attached hydrogens (tertiary/aromatic N) is 2. The van der Waals surface area contributed by atoms with Gasteiger partial charge in [-0.2, -0.15) is 0 Å². The number of hydrogen-bond acceptors (Lipinski definition) is 2. The molecular formula is C16H23N3. The van der Waals surface area contributed by atoms with Gasteiger partial charge in [-0.15, -0.1) is 0 Å². The van der Waals surface area contributed by atoms with Crippen LogP contribution in [0.25, 0.3) is 5.65 Å². The van der Waals surface area contributed by atoms with Crippen molar-refractivity contribution < 1.29 is 0 Å². The number of pyridine rings is 1. The third-order valence-electron chi connectivity index (χ3n) is 4.49. The Morgan fingerprint density at radius 1 is 1.37 bits per heavy atom. The maximum absolute atomic E-state index is 5.75. The Morgan fingerprint density at radius 3 is 2.84 bits per heavy atom. The number of aryl methyl sites for hydroxylation is 1. The summed E-state index contributed by atoms with van der Waals surface area (Å²) in [6, 6.07) is 4.17. The van der Waals surface area contributed by atoms with Crippen molar-refractivity contribution in [3.8, 4) is 0 Å². The fraction of sp³-hybridized carbons (Fsp3) is 0.562. The molecule has 0 saturated heterocycles. The maximum Gasteiger partial charge on any atom is 0.137 e. The van der Waals surface area contributed by atoms with E-state index in [1.54, 1.807) is 0 Å². The molecule has 3 heteroatoms. The Labute approximate surface area is 114 Å². The molecule has 0 aliphatic heterocycles. The lowest BCUT2D eigenvalue weighted by atomic mass is 9.73. The lowest BCUT2D eigenvalue weighted by Gasteiger charge is -2.33. The van der Waals surface area contributed by atoms with Gasteiger partial charge in [0.05, 0.1) is 5.69 Å². The molecule has 1 atom stereocenters. The van der Waals surface area contributed by atoms with Gasteiger partial charge in [0.2, 0.25) is 0 Å². The maximum atomic E-state index is 5.75. The minimum absolute atomic E-state index is 0.368. The Balaban J connectivity index is 2.07. The largest absolute Gasteiger partial charge is 0.326 e. The van der Waals surface area contributed by atoms with Gasteiger partial charge in [-0.1, -0.05) is 26.8 Å². The average Bonchev–Trinajstić information content (AvgIpc) is 2.74. The summed E-state index contributed by atoms with van der Waals surface area (Å²) in [4.78, 5) is 4.77. The van der Waals surface area contributed by atoms with Crippen LogP contribution in [0, 0.1) is 11.3 Å². The van der Waals surface area contributed by atoms with E-state index in [4.69, 9.17) is 10.7 Å².